The van der Waals surface area contributed by atoms with Gasteiger partial charge in [0.15, 0.2) is 11.5 Å². The van der Waals surface area contributed by atoms with Crippen LogP contribution in [0.1, 0.15) is 15.9 Å². The van der Waals surface area contributed by atoms with Crippen LogP contribution in [0.3, 0.4) is 0 Å². The van der Waals surface area contributed by atoms with Gasteiger partial charge in [0.25, 0.3) is 5.91 Å². The van der Waals surface area contributed by atoms with Crippen molar-refractivity contribution in [3.63, 3.8) is 0 Å². The first-order valence-electron chi connectivity index (χ1n) is 8.73. The molecule has 1 aromatic carbocycles. The molecule has 2 aromatic rings. The molecule has 0 aliphatic heterocycles. The van der Waals surface area contributed by atoms with Gasteiger partial charge in [-0.1, -0.05) is 6.07 Å². The van der Waals surface area contributed by atoms with Crippen molar-refractivity contribution in [3.05, 3.63) is 41.7 Å². The minimum Gasteiger partial charge on any atom is -0.493 e. The van der Waals surface area contributed by atoms with E-state index in [4.69, 9.17) is 9.47 Å². The summed E-state index contributed by atoms with van der Waals surface area (Å²) in [4.78, 5) is 22.4. The molecule has 27 heavy (non-hydrogen) atoms. The average molecular weight is 373 g/mol. The van der Waals surface area contributed by atoms with Crippen LogP contribution < -0.4 is 20.1 Å². The van der Waals surface area contributed by atoms with Gasteiger partial charge in [0.2, 0.25) is 5.95 Å². The number of methoxy groups -OCH3 is 2. The zero-order valence-electron chi connectivity index (χ0n) is 16.3. The molecule has 0 saturated heterocycles. The predicted molar refractivity (Wildman–Crippen MR) is 105 cm³/mol. The number of amides is 1. The lowest BCUT2D eigenvalue weighted by molar-refractivity contribution is 0.0950. The molecular weight excluding hydrogens is 346 g/mol. The number of rotatable bonds is 10. The molecule has 8 heteroatoms. The van der Waals surface area contributed by atoms with Gasteiger partial charge in [0.05, 0.1) is 19.8 Å². The summed E-state index contributed by atoms with van der Waals surface area (Å²) in [5, 5.41) is 5.98. The lowest BCUT2D eigenvalue weighted by Gasteiger charge is -2.11. The van der Waals surface area contributed by atoms with Crippen molar-refractivity contribution < 1.29 is 14.3 Å². The average Bonchev–Trinajstić information content (AvgIpc) is 2.68. The molecule has 1 heterocycles. The Morgan fingerprint density at radius 1 is 1.07 bits per heavy atom. The Morgan fingerprint density at radius 2 is 1.78 bits per heavy atom. The van der Waals surface area contributed by atoms with Gasteiger partial charge in [-0.3, -0.25) is 4.79 Å². The van der Waals surface area contributed by atoms with Gasteiger partial charge in [-0.15, -0.1) is 0 Å². The summed E-state index contributed by atoms with van der Waals surface area (Å²) in [7, 11) is 7.14. The van der Waals surface area contributed by atoms with Crippen LogP contribution in [0.25, 0.3) is 0 Å². The largest absolute Gasteiger partial charge is 0.493 e. The summed E-state index contributed by atoms with van der Waals surface area (Å²) in [5.74, 6) is 1.72. The first kappa shape index (κ1) is 20.4. The second-order valence-corrected chi connectivity index (χ2v) is 6.22. The molecule has 1 amide bonds. The van der Waals surface area contributed by atoms with E-state index < -0.39 is 0 Å². The number of aromatic nitrogens is 2. The smallest absolute Gasteiger partial charge is 0.254 e. The molecule has 0 fully saturated rings. The van der Waals surface area contributed by atoms with E-state index >= 15 is 0 Å². The second-order valence-electron chi connectivity index (χ2n) is 6.22. The third-order valence-corrected chi connectivity index (χ3v) is 3.90. The third kappa shape index (κ3) is 6.41. The lowest BCUT2D eigenvalue weighted by atomic mass is 10.1. The van der Waals surface area contributed by atoms with Crippen LogP contribution in [0.4, 0.5) is 5.95 Å². The summed E-state index contributed by atoms with van der Waals surface area (Å²) in [6.07, 6.45) is 3.82. The fraction of sp³-hybridized carbons (Fsp3) is 0.421. The van der Waals surface area contributed by atoms with Gasteiger partial charge >= 0.3 is 0 Å². The number of nitrogens with zero attached hydrogens (tertiary/aromatic N) is 3. The summed E-state index contributed by atoms with van der Waals surface area (Å²) in [5.41, 5.74) is 1.55. The van der Waals surface area contributed by atoms with E-state index in [0.29, 0.717) is 36.1 Å². The standard InChI is InChI=1S/C19H27N5O3/c1-24(2)10-9-20-18(25)15-12-22-19(23-13-15)21-8-7-14-5-6-16(26-3)17(11-14)27-4/h5-6,11-13H,7-10H2,1-4H3,(H,20,25)(H,21,22,23). The van der Waals surface area contributed by atoms with Crippen molar-refractivity contribution in [2.45, 2.75) is 6.42 Å². The number of ether oxygens (including phenoxy) is 2. The normalized spacial score (nSPS) is 10.6. The quantitative estimate of drug-likeness (QED) is 0.651. The Bertz CT molecular complexity index is 735. The Morgan fingerprint density at radius 3 is 2.41 bits per heavy atom. The van der Waals surface area contributed by atoms with Crippen LogP contribution in [0.15, 0.2) is 30.6 Å². The first-order valence-corrected chi connectivity index (χ1v) is 8.73. The number of nitrogens with one attached hydrogen (secondary N) is 2. The highest BCUT2D eigenvalue weighted by atomic mass is 16.5. The molecular formula is C19H27N5O3. The number of hydrogen-bond donors (Lipinski definition) is 2. The zero-order chi connectivity index (χ0) is 19.6. The highest BCUT2D eigenvalue weighted by Crippen LogP contribution is 2.27. The van der Waals surface area contributed by atoms with E-state index in [-0.39, 0.29) is 5.91 Å². The van der Waals surface area contributed by atoms with Crippen molar-refractivity contribution in [1.29, 1.82) is 0 Å². The molecule has 0 spiro atoms. The van der Waals surface area contributed by atoms with E-state index in [9.17, 15) is 4.79 Å². The van der Waals surface area contributed by atoms with Crippen molar-refractivity contribution in [2.75, 3.05) is 53.3 Å². The van der Waals surface area contributed by atoms with E-state index in [1.165, 1.54) is 12.4 Å². The van der Waals surface area contributed by atoms with Crippen LogP contribution >= 0.6 is 0 Å². The van der Waals surface area contributed by atoms with E-state index in [0.717, 1.165) is 18.5 Å². The maximum atomic E-state index is 12.0. The van der Waals surface area contributed by atoms with Crippen LogP contribution in [0, 0.1) is 0 Å². The minimum absolute atomic E-state index is 0.172. The summed E-state index contributed by atoms with van der Waals surface area (Å²) in [6, 6.07) is 5.82. The summed E-state index contributed by atoms with van der Waals surface area (Å²) >= 11 is 0. The zero-order valence-corrected chi connectivity index (χ0v) is 16.3. The summed E-state index contributed by atoms with van der Waals surface area (Å²) < 4.78 is 10.5. The summed E-state index contributed by atoms with van der Waals surface area (Å²) in [6.45, 7) is 2.02. The van der Waals surface area contributed by atoms with Crippen molar-refractivity contribution >= 4 is 11.9 Å². The Hall–Kier alpha value is -2.87. The molecule has 0 unspecified atom stereocenters. The van der Waals surface area contributed by atoms with Crippen LogP contribution in [-0.2, 0) is 6.42 Å². The van der Waals surface area contributed by atoms with Gasteiger partial charge in [0.1, 0.15) is 0 Å². The van der Waals surface area contributed by atoms with E-state index in [1.807, 2.05) is 37.2 Å². The number of likely N-dealkylation sites (N-methyl/N-ethyl adjacent to an activating group) is 1. The van der Waals surface area contributed by atoms with Crippen LogP contribution in [-0.4, -0.2) is 68.7 Å². The van der Waals surface area contributed by atoms with Gasteiger partial charge in [-0.25, -0.2) is 9.97 Å². The second kappa shape index (κ2) is 10.3. The number of carbonyl (C=O) groups excluding carboxylic acids is 1. The fourth-order valence-corrected chi connectivity index (χ4v) is 2.39. The fourth-order valence-electron chi connectivity index (χ4n) is 2.39. The highest BCUT2D eigenvalue weighted by Gasteiger charge is 2.07. The Kier molecular flexibility index (Phi) is 7.81. The number of hydrogen-bond acceptors (Lipinski definition) is 7. The van der Waals surface area contributed by atoms with Gasteiger partial charge in [-0.2, -0.15) is 0 Å². The monoisotopic (exact) mass is 373 g/mol. The number of carbonyl (C=O) groups is 1. The van der Waals surface area contributed by atoms with Crippen LogP contribution in [0.2, 0.25) is 0 Å². The van der Waals surface area contributed by atoms with Crippen molar-refractivity contribution in [1.82, 2.24) is 20.2 Å². The lowest BCUT2D eigenvalue weighted by Crippen LogP contribution is -2.31. The van der Waals surface area contributed by atoms with Crippen molar-refractivity contribution in [2.24, 2.45) is 0 Å². The van der Waals surface area contributed by atoms with E-state index in [1.54, 1.807) is 14.2 Å². The van der Waals surface area contributed by atoms with Gasteiger partial charge in [0, 0.05) is 32.0 Å². The maximum absolute atomic E-state index is 12.0. The van der Waals surface area contributed by atoms with E-state index in [2.05, 4.69) is 20.6 Å². The van der Waals surface area contributed by atoms with Crippen LogP contribution in [0.5, 0.6) is 11.5 Å². The molecule has 0 atom stereocenters. The Labute approximate surface area is 159 Å². The maximum Gasteiger partial charge on any atom is 0.254 e. The molecule has 0 aliphatic carbocycles. The molecule has 146 valence electrons. The topological polar surface area (TPSA) is 88.6 Å². The first-order chi connectivity index (χ1) is 13.0. The SMILES string of the molecule is COc1ccc(CCNc2ncc(C(=O)NCCN(C)C)cn2)cc1OC. The molecule has 0 saturated carbocycles. The number of benzene rings is 1. The third-order valence-electron chi connectivity index (χ3n) is 3.90. The number of anilines is 1. The van der Waals surface area contributed by atoms with Crippen molar-refractivity contribution in [3.8, 4) is 11.5 Å². The van der Waals surface area contributed by atoms with Gasteiger partial charge in [-0.05, 0) is 38.2 Å². The molecule has 2 N–H and O–H groups in total. The van der Waals surface area contributed by atoms with Gasteiger partial charge < -0.3 is 25.0 Å². The molecule has 2 rings (SSSR count). The predicted octanol–water partition coefficient (Wildman–Crippen LogP) is 1.44. The highest BCUT2D eigenvalue weighted by molar-refractivity contribution is 5.93. The molecule has 0 radical (unpaired) electrons. The molecule has 0 aliphatic rings. The molecule has 0 bridgehead atoms. The minimum atomic E-state index is -0.172. The molecule has 8 nitrogen and oxygen atoms in total. The Balaban J connectivity index is 1.82. The molecule has 1 aromatic heterocycles.